The number of phenols is 2. The van der Waals surface area contributed by atoms with Crippen molar-refractivity contribution in [2.24, 2.45) is 11.3 Å². The van der Waals surface area contributed by atoms with Crippen molar-refractivity contribution < 1.29 is 10.2 Å². The average molecular weight is 291 g/mol. The maximum Gasteiger partial charge on any atom is 0.119 e. The summed E-state index contributed by atoms with van der Waals surface area (Å²) in [5.74, 6) is 0.906. The molecular weight excluding hydrogens is 262 g/mol. The fourth-order valence-corrected chi connectivity index (χ4v) is 3.65. The van der Waals surface area contributed by atoms with E-state index in [9.17, 15) is 10.2 Å². The Kier molecular flexibility index (Phi) is 4.82. The second-order valence-corrected chi connectivity index (χ2v) is 7.53. The predicted octanol–water partition coefficient (Wildman–Crippen LogP) is 4.35. The molecule has 3 N–H and O–H groups in total. The van der Waals surface area contributed by atoms with Gasteiger partial charge in [0.1, 0.15) is 11.5 Å². The van der Waals surface area contributed by atoms with E-state index < -0.39 is 0 Å². The Morgan fingerprint density at radius 2 is 1.62 bits per heavy atom. The van der Waals surface area contributed by atoms with Crippen molar-refractivity contribution in [1.29, 1.82) is 0 Å². The molecule has 1 fully saturated rings. The molecule has 1 aromatic carbocycles. The molecule has 118 valence electrons. The molecule has 0 bridgehead atoms. The second kappa shape index (κ2) is 6.27. The van der Waals surface area contributed by atoms with Crippen molar-refractivity contribution >= 4 is 0 Å². The highest BCUT2D eigenvalue weighted by molar-refractivity contribution is 5.38. The average Bonchev–Trinajstić information content (AvgIpc) is 2.37. The molecule has 1 aromatic rings. The maximum absolute atomic E-state index is 9.64. The molecule has 2 rings (SSSR count). The van der Waals surface area contributed by atoms with E-state index in [2.05, 4.69) is 33.0 Å². The summed E-state index contributed by atoms with van der Waals surface area (Å²) in [6.07, 6.45) is 5.08. The Morgan fingerprint density at radius 1 is 1.05 bits per heavy atom. The highest BCUT2D eigenvalue weighted by atomic mass is 16.3. The molecule has 0 saturated heterocycles. The fourth-order valence-electron chi connectivity index (χ4n) is 3.65. The van der Waals surface area contributed by atoms with E-state index >= 15 is 0 Å². The van der Waals surface area contributed by atoms with Crippen LogP contribution in [-0.4, -0.2) is 16.3 Å². The molecule has 3 atom stereocenters. The van der Waals surface area contributed by atoms with Gasteiger partial charge in [-0.2, -0.15) is 0 Å². The van der Waals surface area contributed by atoms with Crippen LogP contribution in [0, 0.1) is 11.3 Å². The molecule has 0 radical (unpaired) electrons. The first-order valence-corrected chi connectivity index (χ1v) is 8.06. The highest BCUT2D eigenvalue weighted by Crippen LogP contribution is 2.39. The smallest absolute Gasteiger partial charge is 0.119 e. The number of aromatic hydroxyl groups is 2. The lowest BCUT2D eigenvalue weighted by molar-refractivity contribution is 0.124. The van der Waals surface area contributed by atoms with Gasteiger partial charge in [-0.15, -0.1) is 0 Å². The van der Waals surface area contributed by atoms with Gasteiger partial charge in [0.25, 0.3) is 0 Å². The van der Waals surface area contributed by atoms with Gasteiger partial charge < -0.3 is 15.5 Å². The standard InChI is InChI=1S/C18H29NO2/c1-12(13-9-14(20)11-15(21)10-13)19-17-8-6-5-7-16(17)18(2,3)4/h9-12,16-17,19-21H,5-8H2,1-4H3. The Labute approximate surface area is 128 Å². The zero-order valence-electron chi connectivity index (χ0n) is 13.7. The van der Waals surface area contributed by atoms with Crippen molar-refractivity contribution in [3.63, 3.8) is 0 Å². The number of rotatable bonds is 3. The van der Waals surface area contributed by atoms with E-state index in [0.29, 0.717) is 17.4 Å². The monoisotopic (exact) mass is 291 g/mol. The van der Waals surface area contributed by atoms with Crippen LogP contribution in [0.5, 0.6) is 11.5 Å². The third-order valence-corrected chi connectivity index (χ3v) is 4.77. The van der Waals surface area contributed by atoms with E-state index in [1.807, 2.05) is 0 Å². The lowest BCUT2D eigenvalue weighted by Crippen LogP contribution is -2.45. The summed E-state index contributed by atoms with van der Waals surface area (Å²) in [6.45, 7) is 9.07. The first-order chi connectivity index (χ1) is 9.77. The Hall–Kier alpha value is -1.22. The molecule has 21 heavy (non-hydrogen) atoms. The van der Waals surface area contributed by atoms with Gasteiger partial charge in [-0.25, -0.2) is 0 Å². The summed E-state index contributed by atoms with van der Waals surface area (Å²) in [7, 11) is 0. The minimum absolute atomic E-state index is 0.120. The van der Waals surface area contributed by atoms with E-state index in [0.717, 1.165) is 5.56 Å². The van der Waals surface area contributed by atoms with Crippen LogP contribution in [0.15, 0.2) is 18.2 Å². The topological polar surface area (TPSA) is 52.5 Å². The first-order valence-electron chi connectivity index (χ1n) is 8.06. The molecule has 1 aliphatic carbocycles. The van der Waals surface area contributed by atoms with Crippen LogP contribution in [0.2, 0.25) is 0 Å². The van der Waals surface area contributed by atoms with Gasteiger partial charge in [0.2, 0.25) is 0 Å². The summed E-state index contributed by atoms with van der Waals surface area (Å²) in [6, 6.07) is 5.45. The molecule has 0 spiro atoms. The van der Waals surface area contributed by atoms with E-state index in [-0.39, 0.29) is 17.5 Å². The molecule has 0 aliphatic heterocycles. The Morgan fingerprint density at radius 3 is 2.19 bits per heavy atom. The minimum Gasteiger partial charge on any atom is -0.508 e. The lowest BCUT2D eigenvalue weighted by Gasteiger charge is -2.42. The van der Waals surface area contributed by atoms with Crippen molar-refractivity contribution in [1.82, 2.24) is 5.32 Å². The SMILES string of the molecule is CC(NC1CCCCC1C(C)(C)C)c1cc(O)cc(O)c1. The quantitative estimate of drug-likeness (QED) is 0.776. The molecule has 0 heterocycles. The van der Waals surface area contributed by atoms with Crippen LogP contribution in [-0.2, 0) is 0 Å². The van der Waals surface area contributed by atoms with E-state index in [4.69, 9.17) is 0 Å². The molecular formula is C18H29NO2. The van der Waals surface area contributed by atoms with E-state index in [1.165, 1.54) is 31.7 Å². The van der Waals surface area contributed by atoms with Gasteiger partial charge >= 0.3 is 0 Å². The van der Waals surface area contributed by atoms with Gasteiger partial charge in [0, 0.05) is 18.2 Å². The van der Waals surface area contributed by atoms with Crippen LogP contribution in [0.4, 0.5) is 0 Å². The molecule has 1 aliphatic rings. The molecule has 3 heteroatoms. The summed E-state index contributed by atoms with van der Waals surface area (Å²) >= 11 is 0. The molecule has 3 unspecified atom stereocenters. The summed E-state index contributed by atoms with van der Waals surface area (Å²) in [5, 5.41) is 23.0. The number of benzene rings is 1. The summed E-state index contributed by atoms with van der Waals surface area (Å²) in [5.41, 5.74) is 1.24. The van der Waals surface area contributed by atoms with Crippen LogP contribution in [0.25, 0.3) is 0 Å². The van der Waals surface area contributed by atoms with Crippen molar-refractivity contribution in [3.8, 4) is 11.5 Å². The van der Waals surface area contributed by atoms with Gasteiger partial charge in [0.15, 0.2) is 0 Å². The molecule has 0 aromatic heterocycles. The lowest BCUT2D eigenvalue weighted by atomic mass is 9.69. The van der Waals surface area contributed by atoms with E-state index in [1.54, 1.807) is 12.1 Å². The number of hydrogen-bond acceptors (Lipinski definition) is 3. The fraction of sp³-hybridized carbons (Fsp3) is 0.667. The predicted molar refractivity (Wildman–Crippen MR) is 86.5 cm³/mol. The molecule has 3 nitrogen and oxygen atoms in total. The summed E-state index contributed by atoms with van der Waals surface area (Å²) in [4.78, 5) is 0. The molecule has 1 saturated carbocycles. The van der Waals surface area contributed by atoms with Gasteiger partial charge in [0.05, 0.1) is 0 Å². The number of phenolic OH excluding ortho intramolecular Hbond substituents is 2. The van der Waals surface area contributed by atoms with Gasteiger partial charge in [-0.3, -0.25) is 0 Å². The third-order valence-electron chi connectivity index (χ3n) is 4.77. The normalized spacial score (nSPS) is 24.8. The molecule has 0 amide bonds. The Balaban J connectivity index is 2.11. The van der Waals surface area contributed by atoms with Crippen LogP contribution in [0.1, 0.15) is 65.0 Å². The third kappa shape index (κ3) is 4.13. The zero-order valence-corrected chi connectivity index (χ0v) is 13.7. The first kappa shape index (κ1) is 16.2. The van der Waals surface area contributed by atoms with Gasteiger partial charge in [-0.05, 0) is 48.8 Å². The second-order valence-electron chi connectivity index (χ2n) is 7.53. The zero-order chi connectivity index (χ0) is 15.6. The van der Waals surface area contributed by atoms with Crippen LogP contribution < -0.4 is 5.32 Å². The highest BCUT2D eigenvalue weighted by Gasteiger charge is 2.34. The van der Waals surface area contributed by atoms with Crippen molar-refractivity contribution in [2.45, 2.75) is 65.5 Å². The maximum atomic E-state index is 9.64. The Bertz CT molecular complexity index is 458. The van der Waals surface area contributed by atoms with Crippen molar-refractivity contribution in [2.75, 3.05) is 0 Å². The van der Waals surface area contributed by atoms with Crippen LogP contribution >= 0.6 is 0 Å². The minimum atomic E-state index is 0.120. The van der Waals surface area contributed by atoms with Crippen molar-refractivity contribution in [3.05, 3.63) is 23.8 Å². The summed E-state index contributed by atoms with van der Waals surface area (Å²) < 4.78 is 0. The largest absolute Gasteiger partial charge is 0.508 e. The van der Waals surface area contributed by atoms with Crippen LogP contribution in [0.3, 0.4) is 0 Å². The number of hydrogen-bond donors (Lipinski definition) is 3. The van der Waals surface area contributed by atoms with Gasteiger partial charge in [-0.1, -0.05) is 33.6 Å². The number of nitrogens with one attached hydrogen (secondary N) is 1.